The van der Waals surface area contributed by atoms with E-state index in [9.17, 15) is 0 Å². The summed E-state index contributed by atoms with van der Waals surface area (Å²) in [5.74, 6) is 0.504. The van der Waals surface area contributed by atoms with Gasteiger partial charge in [-0.25, -0.2) is 0 Å². The molecule has 0 spiro atoms. The second kappa shape index (κ2) is 4.28. The Morgan fingerprint density at radius 3 is 2.79 bits per heavy atom. The Bertz CT molecular complexity index is 723. The number of nitrogens with two attached hydrogens (primary N) is 1. The normalized spacial score (nSPS) is 10.8. The standard InChI is InChI=1S/C14H15N5/c1-9-4-3-5-10(6-9)12-13(17-18-14(12)15)11-7-16-19(2)8-11/h3-8H,1-2H3,(H3,15,17,18). The predicted octanol–water partition coefficient (Wildman–Crippen LogP) is 2.37. The number of nitrogens with zero attached hydrogens (tertiary/aromatic N) is 3. The number of aromatic amines is 1. The Labute approximate surface area is 111 Å². The molecule has 0 saturated carbocycles. The van der Waals surface area contributed by atoms with Gasteiger partial charge in [-0.15, -0.1) is 0 Å². The molecule has 0 aliphatic carbocycles. The lowest BCUT2D eigenvalue weighted by Crippen LogP contribution is -1.89. The zero-order valence-corrected chi connectivity index (χ0v) is 10.9. The van der Waals surface area contributed by atoms with Gasteiger partial charge in [0, 0.05) is 18.8 Å². The van der Waals surface area contributed by atoms with Crippen LogP contribution in [0.3, 0.4) is 0 Å². The zero-order chi connectivity index (χ0) is 13.4. The van der Waals surface area contributed by atoms with Crippen molar-refractivity contribution in [1.29, 1.82) is 0 Å². The molecule has 0 amide bonds. The molecule has 0 saturated heterocycles. The molecule has 2 heterocycles. The minimum Gasteiger partial charge on any atom is -0.382 e. The number of anilines is 1. The molecule has 5 nitrogen and oxygen atoms in total. The monoisotopic (exact) mass is 253 g/mol. The van der Waals surface area contributed by atoms with Crippen LogP contribution in [0.4, 0.5) is 5.82 Å². The van der Waals surface area contributed by atoms with Crippen LogP contribution in [0.25, 0.3) is 22.4 Å². The van der Waals surface area contributed by atoms with Crippen LogP contribution in [0.2, 0.25) is 0 Å². The van der Waals surface area contributed by atoms with Crippen LogP contribution >= 0.6 is 0 Å². The molecular formula is C14H15N5. The topological polar surface area (TPSA) is 72.5 Å². The SMILES string of the molecule is Cc1cccc(-c2c(N)n[nH]c2-c2cnn(C)c2)c1. The summed E-state index contributed by atoms with van der Waals surface area (Å²) >= 11 is 0. The third-order valence-corrected chi connectivity index (χ3v) is 3.09. The van der Waals surface area contributed by atoms with Gasteiger partial charge in [0.2, 0.25) is 0 Å². The predicted molar refractivity (Wildman–Crippen MR) is 75.4 cm³/mol. The van der Waals surface area contributed by atoms with Gasteiger partial charge >= 0.3 is 0 Å². The number of nitrogen functional groups attached to an aromatic ring is 1. The maximum atomic E-state index is 6.00. The Kier molecular flexibility index (Phi) is 2.59. The van der Waals surface area contributed by atoms with Crippen LogP contribution in [0, 0.1) is 6.92 Å². The van der Waals surface area contributed by atoms with E-state index in [1.807, 2.05) is 25.4 Å². The van der Waals surface area contributed by atoms with Crippen molar-refractivity contribution in [2.45, 2.75) is 6.92 Å². The van der Waals surface area contributed by atoms with Gasteiger partial charge in [0.25, 0.3) is 0 Å². The fourth-order valence-corrected chi connectivity index (χ4v) is 2.21. The van der Waals surface area contributed by atoms with Crippen LogP contribution < -0.4 is 5.73 Å². The molecule has 19 heavy (non-hydrogen) atoms. The molecule has 0 radical (unpaired) electrons. The van der Waals surface area contributed by atoms with Gasteiger partial charge in [0.05, 0.1) is 17.5 Å². The summed E-state index contributed by atoms with van der Waals surface area (Å²) < 4.78 is 1.76. The van der Waals surface area contributed by atoms with Crippen LogP contribution in [-0.4, -0.2) is 20.0 Å². The van der Waals surface area contributed by atoms with E-state index in [4.69, 9.17) is 5.73 Å². The van der Waals surface area contributed by atoms with Crippen molar-refractivity contribution >= 4 is 5.82 Å². The second-order valence-electron chi connectivity index (χ2n) is 4.63. The first-order chi connectivity index (χ1) is 9.15. The van der Waals surface area contributed by atoms with Gasteiger partial charge < -0.3 is 5.73 Å². The van der Waals surface area contributed by atoms with E-state index in [1.54, 1.807) is 10.9 Å². The van der Waals surface area contributed by atoms with E-state index in [1.165, 1.54) is 5.56 Å². The highest BCUT2D eigenvalue weighted by atomic mass is 15.2. The number of rotatable bonds is 2. The Morgan fingerprint density at radius 2 is 2.11 bits per heavy atom. The van der Waals surface area contributed by atoms with Crippen LogP contribution in [-0.2, 0) is 7.05 Å². The number of hydrogen-bond acceptors (Lipinski definition) is 3. The number of aromatic nitrogens is 4. The molecule has 0 bridgehead atoms. The van der Waals surface area contributed by atoms with E-state index in [0.29, 0.717) is 5.82 Å². The highest BCUT2D eigenvalue weighted by molar-refractivity contribution is 5.87. The first-order valence-corrected chi connectivity index (χ1v) is 6.05. The van der Waals surface area contributed by atoms with Crippen LogP contribution in [0.5, 0.6) is 0 Å². The van der Waals surface area contributed by atoms with Crippen molar-refractivity contribution in [2.75, 3.05) is 5.73 Å². The van der Waals surface area contributed by atoms with E-state index in [2.05, 4.69) is 34.4 Å². The van der Waals surface area contributed by atoms with Crippen molar-refractivity contribution in [2.24, 2.45) is 7.05 Å². The molecule has 96 valence electrons. The number of aryl methyl sites for hydroxylation is 2. The van der Waals surface area contributed by atoms with Crippen LogP contribution in [0.15, 0.2) is 36.7 Å². The van der Waals surface area contributed by atoms with E-state index in [-0.39, 0.29) is 0 Å². The second-order valence-corrected chi connectivity index (χ2v) is 4.63. The van der Waals surface area contributed by atoms with Gasteiger partial charge in [-0.1, -0.05) is 29.8 Å². The molecule has 2 aromatic heterocycles. The fourth-order valence-electron chi connectivity index (χ4n) is 2.21. The van der Waals surface area contributed by atoms with Gasteiger partial charge in [-0.2, -0.15) is 10.2 Å². The summed E-state index contributed by atoms with van der Waals surface area (Å²) in [5.41, 5.74) is 11.1. The molecule has 0 aliphatic rings. The largest absolute Gasteiger partial charge is 0.382 e. The highest BCUT2D eigenvalue weighted by Gasteiger charge is 2.15. The van der Waals surface area contributed by atoms with E-state index < -0.39 is 0 Å². The molecule has 3 N–H and O–H groups in total. The molecular weight excluding hydrogens is 238 g/mol. The molecule has 5 heteroatoms. The maximum Gasteiger partial charge on any atom is 0.153 e. The van der Waals surface area contributed by atoms with Crippen molar-refractivity contribution < 1.29 is 0 Å². The van der Waals surface area contributed by atoms with Gasteiger partial charge in [-0.05, 0) is 12.5 Å². The number of nitrogens with one attached hydrogen (secondary N) is 1. The molecule has 0 unspecified atom stereocenters. The van der Waals surface area contributed by atoms with Crippen LogP contribution in [0.1, 0.15) is 5.56 Å². The number of H-pyrrole nitrogens is 1. The first-order valence-electron chi connectivity index (χ1n) is 6.05. The quantitative estimate of drug-likeness (QED) is 0.736. The minimum absolute atomic E-state index is 0.504. The third-order valence-electron chi connectivity index (χ3n) is 3.09. The van der Waals surface area contributed by atoms with Crippen molar-refractivity contribution in [3.8, 4) is 22.4 Å². The summed E-state index contributed by atoms with van der Waals surface area (Å²) in [6, 6.07) is 8.21. The molecule has 3 aromatic rings. The summed E-state index contributed by atoms with van der Waals surface area (Å²) in [4.78, 5) is 0. The first kappa shape index (κ1) is 11.5. The molecule has 0 fully saturated rings. The maximum absolute atomic E-state index is 6.00. The molecule has 0 atom stereocenters. The average Bonchev–Trinajstić information content (AvgIpc) is 2.95. The smallest absolute Gasteiger partial charge is 0.153 e. The summed E-state index contributed by atoms with van der Waals surface area (Å²) in [6.07, 6.45) is 3.73. The molecule has 0 aliphatic heterocycles. The lowest BCUT2D eigenvalue weighted by Gasteiger charge is -2.04. The zero-order valence-electron chi connectivity index (χ0n) is 10.9. The van der Waals surface area contributed by atoms with Gasteiger partial charge in [0.1, 0.15) is 0 Å². The van der Waals surface area contributed by atoms with Crippen molar-refractivity contribution in [1.82, 2.24) is 20.0 Å². The lowest BCUT2D eigenvalue weighted by molar-refractivity contribution is 0.768. The Hall–Kier alpha value is -2.56. The third kappa shape index (κ3) is 1.99. The van der Waals surface area contributed by atoms with Gasteiger partial charge in [0.15, 0.2) is 5.82 Å². The summed E-state index contributed by atoms with van der Waals surface area (Å²) in [7, 11) is 1.88. The molecule has 3 rings (SSSR count). The lowest BCUT2D eigenvalue weighted by atomic mass is 10.0. The minimum atomic E-state index is 0.504. The fraction of sp³-hybridized carbons (Fsp3) is 0.143. The Morgan fingerprint density at radius 1 is 1.26 bits per heavy atom. The van der Waals surface area contributed by atoms with E-state index in [0.717, 1.165) is 22.4 Å². The summed E-state index contributed by atoms with van der Waals surface area (Å²) in [6.45, 7) is 2.06. The van der Waals surface area contributed by atoms with Gasteiger partial charge in [-0.3, -0.25) is 9.78 Å². The Balaban J connectivity index is 2.19. The average molecular weight is 253 g/mol. The molecule has 1 aromatic carbocycles. The van der Waals surface area contributed by atoms with E-state index >= 15 is 0 Å². The van der Waals surface area contributed by atoms with Crippen molar-refractivity contribution in [3.05, 3.63) is 42.2 Å². The highest BCUT2D eigenvalue weighted by Crippen LogP contribution is 2.34. The number of benzene rings is 1. The van der Waals surface area contributed by atoms with Crippen molar-refractivity contribution in [3.63, 3.8) is 0 Å². The number of hydrogen-bond donors (Lipinski definition) is 2. The summed E-state index contributed by atoms with van der Waals surface area (Å²) in [5, 5.41) is 11.3.